The third-order valence-electron chi connectivity index (χ3n) is 4.54. The number of morpholine rings is 1. The van der Waals surface area contributed by atoms with Gasteiger partial charge in [-0.05, 0) is 45.4 Å². The zero-order chi connectivity index (χ0) is 18.2. The molecule has 1 saturated heterocycles. The lowest BCUT2D eigenvalue weighted by atomic mass is 10.1. The number of hydrogen-bond donors (Lipinski definition) is 2. The molecule has 1 aliphatic rings. The number of aliphatic imine (C=N–C) groups is 1. The van der Waals surface area contributed by atoms with Crippen LogP contribution in [0.1, 0.15) is 39.3 Å². The van der Waals surface area contributed by atoms with Crippen LogP contribution in [0.5, 0.6) is 0 Å². The molecule has 1 aromatic carbocycles. The first-order valence-corrected chi connectivity index (χ1v) is 9.52. The number of nitrogens with zero attached hydrogens (tertiary/aromatic N) is 2. The molecule has 0 bridgehead atoms. The summed E-state index contributed by atoms with van der Waals surface area (Å²) in [6.07, 6.45) is 0. The Kier molecular flexibility index (Phi) is 10.8. The van der Waals surface area contributed by atoms with Gasteiger partial charge in [-0.15, -0.1) is 24.0 Å². The number of benzene rings is 1. The van der Waals surface area contributed by atoms with Crippen LogP contribution < -0.4 is 10.6 Å². The first kappa shape index (κ1) is 23.5. The summed E-state index contributed by atoms with van der Waals surface area (Å²) in [4.78, 5) is 7.26. The summed E-state index contributed by atoms with van der Waals surface area (Å²) in [6.45, 7) is 12.8. The highest BCUT2D eigenvalue weighted by Gasteiger charge is 2.23. The van der Waals surface area contributed by atoms with Crippen LogP contribution in [0.3, 0.4) is 0 Å². The lowest BCUT2D eigenvalue weighted by Gasteiger charge is -2.37. The molecule has 0 amide bonds. The minimum atomic E-state index is 0. The molecule has 1 heterocycles. The van der Waals surface area contributed by atoms with E-state index in [1.165, 1.54) is 0 Å². The van der Waals surface area contributed by atoms with E-state index in [0.717, 1.165) is 49.4 Å². The number of guanidine groups is 1. The van der Waals surface area contributed by atoms with Crippen molar-refractivity contribution in [3.63, 3.8) is 0 Å². The second kappa shape index (κ2) is 12.0. The van der Waals surface area contributed by atoms with Crippen molar-refractivity contribution in [2.24, 2.45) is 4.99 Å². The van der Waals surface area contributed by atoms with Gasteiger partial charge in [0, 0.05) is 30.2 Å². The van der Waals surface area contributed by atoms with Gasteiger partial charge in [-0.1, -0.05) is 23.7 Å². The van der Waals surface area contributed by atoms with Crippen LogP contribution in [0.2, 0.25) is 5.02 Å². The molecule has 26 heavy (non-hydrogen) atoms. The third kappa shape index (κ3) is 7.21. The molecule has 3 unspecified atom stereocenters. The lowest BCUT2D eigenvalue weighted by molar-refractivity contribution is -0.0165. The van der Waals surface area contributed by atoms with E-state index >= 15 is 0 Å². The maximum absolute atomic E-state index is 6.10. The predicted octanol–water partition coefficient (Wildman–Crippen LogP) is 3.68. The van der Waals surface area contributed by atoms with Crippen LogP contribution in [0.15, 0.2) is 29.3 Å². The van der Waals surface area contributed by atoms with Crippen LogP contribution in [0.4, 0.5) is 0 Å². The fourth-order valence-corrected chi connectivity index (χ4v) is 3.31. The molecule has 7 heteroatoms. The molecule has 0 aromatic heterocycles. The van der Waals surface area contributed by atoms with Gasteiger partial charge in [-0.25, -0.2) is 0 Å². The van der Waals surface area contributed by atoms with Crippen LogP contribution in [-0.2, 0) is 4.74 Å². The van der Waals surface area contributed by atoms with Gasteiger partial charge < -0.3 is 15.4 Å². The van der Waals surface area contributed by atoms with E-state index in [4.69, 9.17) is 21.3 Å². The highest BCUT2D eigenvalue weighted by Crippen LogP contribution is 2.17. The summed E-state index contributed by atoms with van der Waals surface area (Å²) in [5.41, 5.74) is 1.15. The van der Waals surface area contributed by atoms with Crippen molar-refractivity contribution in [2.75, 3.05) is 32.8 Å². The molecule has 0 spiro atoms. The molecule has 0 aliphatic carbocycles. The van der Waals surface area contributed by atoms with E-state index in [-0.39, 0.29) is 30.0 Å². The Morgan fingerprint density at radius 1 is 1.42 bits per heavy atom. The van der Waals surface area contributed by atoms with Gasteiger partial charge in [0.2, 0.25) is 0 Å². The summed E-state index contributed by atoms with van der Waals surface area (Å²) in [5, 5.41) is 7.55. The van der Waals surface area contributed by atoms with E-state index in [1.54, 1.807) is 0 Å². The summed E-state index contributed by atoms with van der Waals surface area (Å²) in [6, 6.07) is 8.89. The van der Waals surface area contributed by atoms with Crippen molar-refractivity contribution < 1.29 is 4.74 Å². The molecule has 1 aliphatic heterocycles. The number of ether oxygens (including phenoxy) is 1. The minimum Gasteiger partial charge on any atom is -0.379 e. The Hall–Kier alpha value is -0.570. The van der Waals surface area contributed by atoms with Crippen molar-refractivity contribution in [3.8, 4) is 0 Å². The van der Waals surface area contributed by atoms with Gasteiger partial charge in [0.05, 0.1) is 25.8 Å². The Bertz CT molecular complexity index is 572. The van der Waals surface area contributed by atoms with Crippen molar-refractivity contribution in [1.82, 2.24) is 15.5 Å². The average molecular weight is 495 g/mol. The number of hydrogen-bond acceptors (Lipinski definition) is 3. The quantitative estimate of drug-likeness (QED) is 0.360. The Labute approximate surface area is 179 Å². The fraction of sp³-hybridized carbons (Fsp3) is 0.632. The van der Waals surface area contributed by atoms with Crippen molar-refractivity contribution in [1.29, 1.82) is 0 Å². The lowest BCUT2D eigenvalue weighted by Crippen LogP contribution is -2.49. The molecule has 1 aromatic rings. The highest BCUT2D eigenvalue weighted by atomic mass is 127. The molecular weight excluding hydrogens is 463 g/mol. The van der Waals surface area contributed by atoms with Crippen LogP contribution in [0.25, 0.3) is 0 Å². The average Bonchev–Trinajstić information content (AvgIpc) is 2.60. The van der Waals surface area contributed by atoms with Gasteiger partial charge in [-0.3, -0.25) is 9.89 Å². The van der Waals surface area contributed by atoms with Crippen molar-refractivity contribution >= 4 is 41.5 Å². The molecule has 5 nitrogen and oxygen atoms in total. The Balaban J connectivity index is 0.00000338. The second-order valence-corrected chi connectivity index (χ2v) is 7.09. The zero-order valence-corrected chi connectivity index (χ0v) is 19.3. The molecule has 0 saturated carbocycles. The molecule has 148 valence electrons. The van der Waals surface area contributed by atoms with Crippen molar-refractivity contribution in [3.05, 3.63) is 34.9 Å². The Morgan fingerprint density at radius 3 is 2.85 bits per heavy atom. The van der Waals surface area contributed by atoms with Gasteiger partial charge in [0.25, 0.3) is 0 Å². The number of rotatable bonds is 6. The molecule has 0 radical (unpaired) electrons. The summed E-state index contributed by atoms with van der Waals surface area (Å²) in [5.74, 6) is 0.836. The van der Waals surface area contributed by atoms with Gasteiger partial charge in [-0.2, -0.15) is 0 Å². The second-order valence-electron chi connectivity index (χ2n) is 6.65. The highest BCUT2D eigenvalue weighted by molar-refractivity contribution is 14.0. The van der Waals surface area contributed by atoms with Crippen LogP contribution in [0, 0.1) is 0 Å². The van der Waals surface area contributed by atoms with E-state index in [1.807, 2.05) is 18.2 Å². The van der Waals surface area contributed by atoms with E-state index in [0.29, 0.717) is 12.1 Å². The van der Waals surface area contributed by atoms with E-state index in [2.05, 4.69) is 49.3 Å². The molecule has 3 atom stereocenters. The summed E-state index contributed by atoms with van der Waals surface area (Å²) < 4.78 is 5.52. The maximum Gasteiger partial charge on any atom is 0.191 e. The van der Waals surface area contributed by atoms with E-state index in [9.17, 15) is 0 Å². The van der Waals surface area contributed by atoms with Crippen LogP contribution in [-0.4, -0.2) is 55.8 Å². The topological polar surface area (TPSA) is 48.9 Å². The number of nitrogens with one attached hydrogen (secondary N) is 2. The first-order valence-electron chi connectivity index (χ1n) is 9.15. The largest absolute Gasteiger partial charge is 0.379 e. The fourth-order valence-electron chi connectivity index (χ4n) is 3.11. The molecule has 2 rings (SSSR count). The predicted molar refractivity (Wildman–Crippen MR) is 121 cm³/mol. The zero-order valence-electron chi connectivity index (χ0n) is 16.2. The maximum atomic E-state index is 6.10. The van der Waals surface area contributed by atoms with Crippen molar-refractivity contribution in [2.45, 2.75) is 45.8 Å². The molecule has 1 fully saturated rings. The smallest absolute Gasteiger partial charge is 0.191 e. The monoisotopic (exact) mass is 494 g/mol. The SMILES string of the molecule is CCNC(=NCC(C)N1CCOCC1C)NC(C)c1cccc(Cl)c1.I. The van der Waals surface area contributed by atoms with Gasteiger partial charge in [0.1, 0.15) is 0 Å². The summed E-state index contributed by atoms with van der Waals surface area (Å²) in [7, 11) is 0. The Morgan fingerprint density at radius 2 is 2.19 bits per heavy atom. The van der Waals surface area contributed by atoms with Gasteiger partial charge >= 0.3 is 0 Å². The minimum absolute atomic E-state index is 0. The first-order chi connectivity index (χ1) is 12.0. The molecule has 2 N–H and O–H groups in total. The van der Waals surface area contributed by atoms with Crippen LogP contribution >= 0.6 is 35.6 Å². The standard InChI is InChI=1S/C19H31ClN4O.HI/c1-5-21-19(23-16(4)17-7-6-8-18(20)11-17)22-12-14(2)24-9-10-25-13-15(24)3;/h6-8,11,14-16H,5,9-10,12-13H2,1-4H3,(H2,21,22,23);1H. The van der Waals surface area contributed by atoms with Gasteiger partial charge in [0.15, 0.2) is 5.96 Å². The number of halogens is 2. The molecular formula is C19H32ClIN4O. The van der Waals surface area contributed by atoms with E-state index < -0.39 is 0 Å². The normalized spacial score (nSPS) is 20.8. The summed E-state index contributed by atoms with van der Waals surface area (Å²) >= 11 is 6.10. The third-order valence-corrected chi connectivity index (χ3v) is 4.78.